The van der Waals surface area contributed by atoms with Crippen molar-refractivity contribution in [2.75, 3.05) is 6.61 Å². The Bertz CT molecular complexity index is 655. The number of aryl methyl sites for hydroxylation is 2. The van der Waals surface area contributed by atoms with Crippen LogP contribution < -0.4 is 4.74 Å². The molecule has 0 N–H and O–H groups in total. The first kappa shape index (κ1) is 13.4. The molecule has 0 atom stereocenters. The number of benzene rings is 1. The maximum Gasteiger partial charge on any atom is 0.136 e. The lowest BCUT2D eigenvalue weighted by molar-refractivity contribution is 0.289. The van der Waals surface area contributed by atoms with Crippen molar-refractivity contribution in [2.24, 2.45) is 0 Å². The van der Waals surface area contributed by atoms with Gasteiger partial charge in [0.1, 0.15) is 16.7 Å². The van der Waals surface area contributed by atoms with Crippen LogP contribution >= 0.6 is 11.6 Å². The van der Waals surface area contributed by atoms with E-state index in [4.69, 9.17) is 16.3 Å². The minimum Gasteiger partial charge on any atom is -0.493 e. The van der Waals surface area contributed by atoms with Gasteiger partial charge in [0.25, 0.3) is 0 Å². The zero-order valence-corrected chi connectivity index (χ0v) is 12.5. The third kappa shape index (κ3) is 2.27. The lowest BCUT2D eigenvalue weighted by Crippen LogP contribution is -2.10. The highest BCUT2D eigenvalue weighted by Crippen LogP contribution is 2.37. The van der Waals surface area contributed by atoms with Crippen LogP contribution in [0.4, 0.5) is 0 Å². The molecular formula is C16H17ClN2O. The van der Waals surface area contributed by atoms with Crippen molar-refractivity contribution in [3.63, 3.8) is 0 Å². The summed E-state index contributed by atoms with van der Waals surface area (Å²) in [7, 11) is 0. The van der Waals surface area contributed by atoms with Crippen LogP contribution in [0, 0.1) is 6.92 Å². The summed E-state index contributed by atoms with van der Waals surface area (Å²) in [6, 6.07) is 6.23. The van der Waals surface area contributed by atoms with Gasteiger partial charge in [-0.2, -0.15) is 0 Å². The minimum atomic E-state index is 0.528. The predicted octanol–water partition coefficient (Wildman–Crippen LogP) is 3.99. The van der Waals surface area contributed by atoms with Crippen LogP contribution in [0.5, 0.6) is 5.75 Å². The van der Waals surface area contributed by atoms with Crippen molar-refractivity contribution in [3.8, 4) is 17.0 Å². The molecule has 0 amide bonds. The molecule has 2 aromatic rings. The summed E-state index contributed by atoms with van der Waals surface area (Å²) in [6.45, 7) is 4.75. The molecule has 20 heavy (non-hydrogen) atoms. The van der Waals surface area contributed by atoms with Gasteiger partial charge >= 0.3 is 0 Å². The van der Waals surface area contributed by atoms with E-state index >= 15 is 0 Å². The van der Waals surface area contributed by atoms with E-state index in [9.17, 15) is 0 Å². The second-order valence-corrected chi connectivity index (χ2v) is 5.36. The molecule has 0 spiro atoms. The van der Waals surface area contributed by atoms with Crippen LogP contribution in [0.1, 0.15) is 30.3 Å². The Morgan fingerprint density at radius 2 is 2.15 bits per heavy atom. The summed E-state index contributed by atoms with van der Waals surface area (Å²) in [4.78, 5) is 8.96. The standard InChI is InChI=1S/C16H17ClN2O/c1-3-13-18-14(10(2)16(17)19-13)12-8-4-6-11-7-5-9-20-15(11)12/h4,6,8H,3,5,7,9H2,1-2H3. The first-order chi connectivity index (χ1) is 9.70. The summed E-state index contributed by atoms with van der Waals surface area (Å²) in [6.07, 6.45) is 2.89. The molecule has 1 aromatic heterocycles. The van der Waals surface area contributed by atoms with Crippen LogP contribution in [0.3, 0.4) is 0 Å². The maximum atomic E-state index is 6.24. The van der Waals surface area contributed by atoms with Gasteiger partial charge in [0.15, 0.2) is 0 Å². The highest BCUT2D eigenvalue weighted by atomic mass is 35.5. The smallest absolute Gasteiger partial charge is 0.136 e. The molecule has 1 aromatic carbocycles. The molecular weight excluding hydrogens is 272 g/mol. The highest BCUT2D eigenvalue weighted by Gasteiger charge is 2.19. The van der Waals surface area contributed by atoms with Gasteiger partial charge in [-0.15, -0.1) is 0 Å². The lowest BCUT2D eigenvalue weighted by atomic mass is 9.99. The third-order valence-electron chi connectivity index (χ3n) is 3.64. The molecule has 0 saturated heterocycles. The fourth-order valence-corrected chi connectivity index (χ4v) is 2.72. The Balaban J connectivity index is 2.21. The van der Waals surface area contributed by atoms with Gasteiger partial charge in [0.05, 0.1) is 12.3 Å². The highest BCUT2D eigenvalue weighted by molar-refractivity contribution is 6.30. The monoisotopic (exact) mass is 288 g/mol. The summed E-state index contributed by atoms with van der Waals surface area (Å²) in [5.74, 6) is 1.72. The number of rotatable bonds is 2. The van der Waals surface area contributed by atoms with Crippen molar-refractivity contribution in [1.82, 2.24) is 9.97 Å². The van der Waals surface area contributed by atoms with E-state index in [-0.39, 0.29) is 0 Å². The van der Waals surface area contributed by atoms with Crippen LogP contribution in [-0.2, 0) is 12.8 Å². The van der Waals surface area contributed by atoms with Gasteiger partial charge in [0, 0.05) is 17.5 Å². The zero-order valence-electron chi connectivity index (χ0n) is 11.7. The molecule has 4 heteroatoms. The van der Waals surface area contributed by atoms with E-state index in [1.54, 1.807) is 0 Å². The van der Waals surface area contributed by atoms with Crippen molar-refractivity contribution in [1.29, 1.82) is 0 Å². The molecule has 3 rings (SSSR count). The maximum absolute atomic E-state index is 6.24. The summed E-state index contributed by atoms with van der Waals surface area (Å²) < 4.78 is 5.87. The van der Waals surface area contributed by atoms with E-state index in [0.29, 0.717) is 5.15 Å². The van der Waals surface area contributed by atoms with E-state index in [1.807, 2.05) is 13.8 Å². The van der Waals surface area contributed by atoms with Gasteiger partial charge in [0.2, 0.25) is 0 Å². The topological polar surface area (TPSA) is 35.0 Å². The van der Waals surface area contributed by atoms with Crippen LogP contribution in [-0.4, -0.2) is 16.6 Å². The number of ether oxygens (including phenoxy) is 1. The van der Waals surface area contributed by atoms with E-state index in [2.05, 4.69) is 28.2 Å². The Labute approximate surface area is 124 Å². The minimum absolute atomic E-state index is 0.528. The summed E-state index contributed by atoms with van der Waals surface area (Å²) >= 11 is 6.24. The van der Waals surface area contributed by atoms with Gasteiger partial charge < -0.3 is 4.74 Å². The SMILES string of the molecule is CCc1nc(Cl)c(C)c(-c2cccc3c2OCCC3)n1. The number of halogens is 1. The van der Waals surface area contributed by atoms with Crippen LogP contribution in [0.25, 0.3) is 11.3 Å². The largest absolute Gasteiger partial charge is 0.493 e. The molecule has 104 valence electrons. The molecule has 1 aliphatic heterocycles. The second-order valence-electron chi connectivity index (χ2n) is 5.00. The Morgan fingerprint density at radius 3 is 2.95 bits per heavy atom. The Morgan fingerprint density at radius 1 is 1.30 bits per heavy atom. The second kappa shape index (κ2) is 5.41. The zero-order chi connectivity index (χ0) is 14.1. The molecule has 0 saturated carbocycles. The molecule has 0 bridgehead atoms. The van der Waals surface area contributed by atoms with E-state index in [0.717, 1.165) is 54.3 Å². The van der Waals surface area contributed by atoms with E-state index < -0.39 is 0 Å². The first-order valence-corrected chi connectivity index (χ1v) is 7.36. The average molecular weight is 289 g/mol. The van der Waals surface area contributed by atoms with Crippen molar-refractivity contribution < 1.29 is 4.74 Å². The fraction of sp³-hybridized carbons (Fsp3) is 0.375. The average Bonchev–Trinajstić information content (AvgIpc) is 2.49. The van der Waals surface area contributed by atoms with Gasteiger partial charge in [-0.1, -0.05) is 30.7 Å². The fourth-order valence-electron chi connectivity index (χ4n) is 2.53. The molecule has 1 aliphatic rings. The number of fused-ring (bicyclic) bond motifs is 1. The number of hydrogen-bond donors (Lipinski definition) is 0. The first-order valence-electron chi connectivity index (χ1n) is 6.98. The molecule has 3 nitrogen and oxygen atoms in total. The number of para-hydroxylation sites is 1. The predicted molar refractivity (Wildman–Crippen MR) is 80.4 cm³/mol. The molecule has 0 radical (unpaired) electrons. The van der Waals surface area contributed by atoms with Crippen LogP contribution in [0.2, 0.25) is 5.15 Å². The quantitative estimate of drug-likeness (QED) is 0.784. The Kier molecular flexibility index (Phi) is 3.62. The molecule has 0 aliphatic carbocycles. The van der Waals surface area contributed by atoms with Crippen molar-refractivity contribution in [3.05, 3.63) is 40.3 Å². The van der Waals surface area contributed by atoms with Crippen LogP contribution in [0.15, 0.2) is 18.2 Å². The van der Waals surface area contributed by atoms with E-state index in [1.165, 1.54) is 5.56 Å². The van der Waals surface area contributed by atoms with Crippen molar-refractivity contribution in [2.45, 2.75) is 33.1 Å². The number of nitrogens with zero attached hydrogens (tertiary/aromatic N) is 2. The molecule has 2 heterocycles. The van der Waals surface area contributed by atoms with Gasteiger partial charge in [-0.05, 0) is 31.4 Å². The molecule has 0 fully saturated rings. The van der Waals surface area contributed by atoms with Gasteiger partial charge in [-0.3, -0.25) is 0 Å². The van der Waals surface area contributed by atoms with Gasteiger partial charge in [-0.25, -0.2) is 9.97 Å². The third-order valence-corrected chi connectivity index (χ3v) is 4.01. The normalized spacial score (nSPS) is 13.8. The number of hydrogen-bond acceptors (Lipinski definition) is 3. The van der Waals surface area contributed by atoms with Crippen molar-refractivity contribution >= 4 is 11.6 Å². The summed E-state index contributed by atoms with van der Waals surface area (Å²) in [5.41, 5.74) is 4.08. The Hall–Kier alpha value is -1.61. The summed E-state index contributed by atoms with van der Waals surface area (Å²) in [5, 5.41) is 0.528. The number of aromatic nitrogens is 2. The molecule has 0 unspecified atom stereocenters. The lowest BCUT2D eigenvalue weighted by Gasteiger charge is -2.21.